The van der Waals surface area contributed by atoms with Crippen LogP contribution in [0.2, 0.25) is 5.02 Å². The molecule has 7 heteroatoms. The van der Waals surface area contributed by atoms with Crippen LogP contribution in [0.5, 0.6) is 0 Å². The third-order valence-electron chi connectivity index (χ3n) is 3.24. The SMILES string of the molecule is Cc1cc(Cl)ccc1NC(=O)CN1CCCCS1(=O)=O. The molecule has 0 aromatic heterocycles. The van der Waals surface area contributed by atoms with Gasteiger partial charge in [0.1, 0.15) is 0 Å². The van der Waals surface area contributed by atoms with E-state index in [1.54, 1.807) is 18.2 Å². The summed E-state index contributed by atoms with van der Waals surface area (Å²) in [4.78, 5) is 12.0. The van der Waals surface area contributed by atoms with E-state index in [1.807, 2.05) is 6.92 Å². The van der Waals surface area contributed by atoms with Crippen LogP contribution in [0, 0.1) is 6.92 Å². The van der Waals surface area contributed by atoms with E-state index >= 15 is 0 Å². The molecular weight excluding hydrogens is 300 g/mol. The average Bonchev–Trinajstić information content (AvgIpc) is 2.35. The number of anilines is 1. The Hall–Kier alpha value is -1.11. The first-order valence-electron chi connectivity index (χ1n) is 6.42. The average molecular weight is 317 g/mol. The van der Waals surface area contributed by atoms with Crippen LogP contribution in [-0.2, 0) is 14.8 Å². The minimum atomic E-state index is -3.28. The number of nitrogens with zero attached hydrogens (tertiary/aromatic N) is 1. The molecule has 1 N–H and O–H groups in total. The van der Waals surface area contributed by atoms with Crippen LogP contribution in [0.4, 0.5) is 5.69 Å². The fourth-order valence-electron chi connectivity index (χ4n) is 2.14. The van der Waals surface area contributed by atoms with Gasteiger partial charge in [-0.25, -0.2) is 8.42 Å². The van der Waals surface area contributed by atoms with Crippen molar-refractivity contribution in [2.45, 2.75) is 19.8 Å². The summed E-state index contributed by atoms with van der Waals surface area (Å²) in [6.45, 7) is 2.11. The second kappa shape index (κ2) is 6.11. The van der Waals surface area contributed by atoms with Crippen molar-refractivity contribution in [1.29, 1.82) is 0 Å². The Morgan fingerprint density at radius 2 is 2.15 bits per heavy atom. The summed E-state index contributed by atoms with van der Waals surface area (Å²) in [5, 5.41) is 3.32. The molecule has 1 saturated heterocycles. The van der Waals surface area contributed by atoms with Crippen LogP contribution < -0.4 is 5.32 Å². The third kappa shape index (κ3) is 3.71. The molecule has 0 aliphatic carbocycles. The monoisotopic (exact) mass is 316 g/mol. The molecule has 20 heavy (non-hydrogen) atoms. The molecule has 110 valence electrons. The molecule has 1 aromatic carbocycles. The van der Waals surface area contributed by atoms with Gasteiger partial charge in [0, 0.05) is 17.3 Å². The highest BCUT2D eigenvalue weighted by molar-refractivity contribution is 7.89. The molecule has 2 rings (SSSR count). The molecule has 0 unspecified atom stereocenters. The molecule has 1 aromatic rings. The normalized spacial score (nSPS) is 18.7. The molecule has 1 aliphatic heterocycles. The zero-order valence-corrected chi connectivity index (χ0v) is 12.8. The molecule has 0 atom stereocenters. The van der Waals surface area contributed by atoms with Crippen LogP contribution in [0.3, 0.4) is 0 Å². The zero-order chi connectivity index (χ0) is 14.8. The summed E-state index contributed by atoms with van der Waals surface area (Å²) in [6, 6.07) is 5.14. The van der Waals surface area contributed by atoms with Gasteiger partial charge < -0.3 is 5.32 Å². The van der Waals surface area contributed by atoms with Crippen LogP contribution in [0.25, 0.3) is 0 Å². The van der Waals surface area contributed by atoms with Crippen LogP contribution in [-0.4, -0.2) is 37.5 Å². The first-order valence-corrected chi connectivity index (χ1v) is 8.41. The van der Waals surface area contributed by atoms with Gasteiger partial charge in [-0.2, -0.15) is 4.31 Å². The van der Waals surface area contributed by atoms with Gasteiger partial charge in [0.05, 0.1) is 12.3 Å². The van der Waals surface area contributed by atoms with E-state index < -0.39 is 10.0 Å². The number of nitrogens with one attached hydrogen (secondary N) is 1. The highest BCUT2D eigenvalue weighted by Crippen LogP contribution is 2.20. The Morgan fingerprint density at radius 3 is 2.80 bits per heavy atom. The Labute approximate surface area is 124 Å². The fourth-order valence-corrected chi connectivity index (χ4v) is 3.91. The van der Waals surface area contributed by atoms with E-state index in [9.17, 15) is 13.2 Å². The second-order valence-electron chi connectivity index (χ2n) is 4.86. The van der Waals surface area contributed by atoms with Crippen molar-refractivity contribution < 1.29 is 13.2 Å². The summed E-state index contributed by atoms with van der Waals surface area (Å²) in [5.41, 5.74) is 1.49. The molecule has 1 amide bonds. The van der Waals surface area contributed by atoms with Crippen molar-refractivity contribution in [2.24, 2.45) is 0 Å². The van der Waals surface area contributed by atoms with E-state index in [0.717, 1.165) is 12.0 Å². The summed E-state index contributed by atoms with van der Waals surface area (Å²) in [6.07, 6.45) is 1.46. The molecular formula is C13H17ClN2O3S. The predicted octanol–water partition coefficient (Wildman–Crippen LogP) is 2.01. The van der Waals surface area contributed by atoms with Crippen molar-refractivity contribution in [3.05, 3.63) is 28.8 Å². The Balaban J connectivity index is 2.02. The number of benzene rings is 1. The number of aryl methyl sites for hydroxylation is 1. The molecule has 0 spiro atoms. The molecule has 0 saturated carbocycles. The molecule has 1 aliphatic rings. The summed E-state index contributed by atoms with van der Waals surface area (Å²) < 4.78 is 24.9. The number of halogens is 1. The topological polar surface area (TPSA) is 66.5 Å². The minimum Gasteiger partial charge on any atom is -0.325 e. The number of hydrogen-bond acceptors (Lipinski definition) is 3. The van der Waals surface area contributed by atoms with Gasteiger partial charge in [-0.3, -0.25) is 4.79 Å². The van der Waals surface area contributed by atoms with E-state index in [2.05, 4.69) is 5.32 Å². The lowest BCUT2D eigenvalue weighted by Gasteiger charge is -2.25. The standard InChI is InChI=1S/C13H17ClN2O3S/c1-10-8-11(14)4-5-12(10)15-13(17)9-16-6-2-3-7-20(16,18)19/h4-5,8H,2-3,6-7,9H2,1H3,(H,15,17). The maximum absolute atomic E-state index is 12.0. The third-order valence-corrected chi connectivity index (χ3v) is 5.37. The lowest BCUT2D eigenvalue weighted by molar-refractivity contribution is -0.116. The van der Waals surface area contributed by atoms with Crippen molar-refractivity contribution in [1.82, 2.24) is 4.31 Å². The molecule has 0 bridgehead atoms. The smallest absolute Gasteiger partial charge is 0.239 e. The van der Waals surface area contributed by atoms with Gasteiger partial charge in [-0.15, -0.1) is 0 Å². The lowest BCUT2D eigenvalue weighted by Crippen LogP contribution is -2.42. The van der Waals surface area contributed by atoms with E-state index in [1.165, 1.54) is 4.31 Å². The number of hydrogen-bond donors (Lipinski definition) is 1. The van der Waals surface area contributed by atoms with Gasteiger partial charge in [0.25, 0.3) is 0 Å². The van der Waals surface area contributed by atoms with Crippen LogP contribution >= 0.6 is 11.6 Å². The first-order chi connectivity index (χ1) is 9.38. The van der Waals surface area contributed by atoms with E-state index in [-0.39, 0.29) is 18.2 Å². The highest BCUT2D eigenvalue weighted by atomic mass is 35.5. The Morgan fingerprint density at radius 1 is 1.40 bits per heavy atom. The number of carbonyl (C=O) groups excluding carboxylic acids is 1. The fraction of sp³-hybridized carbons (Fsp3) is 0.462. The van der Waals surface area contributed by atoms with Gasteiger partial charge in [0.15, 0.2) is 0 Å². The molecule has 1 heterocycles. The molecule has 1 fully saturated rings. The van der Waals surface area contributed by atoms with Crippen molar-refractivity contribution >= 4 is 33.2 Å². The number of amides is 1. The van der Waals surface area contributed by atoms with E-state index in [4.69, 9.17) is 11.6 Å². The lowest BCUT2D eigenvalue weighted by atomic mass is 10.2. The van der Waals surface area contributed by atoms with E-state index in [0.29, 0.717) is 23.7 Å². The summed E-state index contributed by atoms with van der Waals surface area (Å²) in [7, 11) is -3.28. The Kier molecular flexibility index (Phi) is 4.67. The summed E-state index contributed by atoms with van der Waals surface area (Å²) >= 11 is 5.85. The van der Waals surface area contributed by atoms with Crippen molar-refractivity contribution in [2.75, 3.05) is 24.2 Å². The van der Waals surface area contributed by atoms with Gasteiger partial charge >= 0.3 is 0 Å². The summed E-state index contributed by atoms with van der Waals surface area (Å²) in [5.74, 6) is -0.207. The number of rotatable bonds is 3. The number of carbonyl (C=O) groups is 1. The minimum absolute atomic E-state index is 0.125. The molecule has 5 nitrogen and oxygen atoms in total. The first kappa shape index (κ1) is 15.3. The van der Waals surface area contributed by atoms with Crippen molar-refractivity contribution in [3.8, 4) is 0 Å². The number of sulfonamides is 1. The van der Waals surface area contributed by atoms with Gasteiger partial charge in [0.2, 0.25) is 15.9 Å². The molecule has 0 radical (unpaired) electrons. The maximum Gasteiger partial charge on any atom is 0.239 e. The Bertz CT molecular complexity index is 616. The quantitative estimate of drug-likeness (QED) is 0.927. The van der Waals surface area contributed by atoms with Crippen LogP contribution in [0.1, 0.15) is 18.4 Å². The van der Waals surface area contributed by atoms with Gasteiger partial charge in [-0.1, -0.05) is 11.6 Å². The highest BCUT2D eigenvalue weighted by Gasteiger charge is 2.27. The zero-order valence-electron chi connectivity index (χ0n) is 11.2. The second-order valence-corrected chi connectivity index (χ2v) is 7.39. The predicted molar refractivity (Wildman–Crippen MR) is 79.4 cm³/mol. The van der Waals surface area contributed by atoms with Crippen LogP contribution in [0.15, 0.2) is 18.2 Å². The van der Waals surface area contributed by atoms with Crippen molar-refractivity contribution in [3.63, 3.8) is 0 Å². The van der Waals surface area contributed by atoms with Gasteiger partial charge in [-0.05, 0) is 43.5 Å². The maximum atomic E-state index is 12.0. The largest absolute Gasteiger partial charge is 0.325 e.